The lowest BCUT2D eigenvalue weighted by molar-refractivity contribution is 0.599. The number of nitrogens with two attached hydrogens (primary N) is 1. The van der Waals surface area contributed by atoms with E-state index in [0.717, 1.165) is 22.3 Å². The van der Waals surface area contributed by atoms with Crippen LogP contribution in [-0.2, 0) is 6.54 Å². The zero-order chi connectivity index (χ0) is 12.4. The van der Waals surface area contributed by atoms with Crippen LogP contribution < -0.4 is 5.73 Å². The number of rotatable bonds is 3. The Hall–Kier alpha value is -0.400. The molecule has 1 aromatic carbocycles. The molecule has 2 aromatic rings. The third-order valence-electron chi connectivity index (χ3n) is 2.64. The van der Waals surface area contributed by atoms with E-state index < -0.39 is 0 Å². The van der Waals surface area contributed by atoms with Crippen molar-refractivity contribution in [1.82, 2.24) is 9.78 Å². The van der Waals surface area contributed by atoms with Gasteiger partial charge in [-0.2, -0.15) is 5.10 Å². The molecule has 0 aliphatic heterocycles. The molecule has 0 saturated heterocycles. The fourth-order valence-corrected chi connectivity index (χ4v) is 2.90. The first-order valence-corrected chi connectivity index (χ1v) is 7.23. The molecule has 0 radical (unpaired) electrons. The highest BCUT2D eigenvalue weighted by Crippen LogP contribution is 2.27. The molecule has 2 rings (SSSR count). The number of hydrogen-bond acceptors (Lipinski definition) is 2. The molecule has 1 aromatic heterocycles. The molecular weight excluding hydrogens is 393 g/mol. The smallest absolute Gasteiger partial charge is 0.0738 e. The van der Waals surface area contributed by atoms with E-state index in [1.165, 1.54) is 3.57 Å². The Morgan fingerprint density at radius 3 is 2.94 bits per heavy atom. The van der Waals surface area contributed by atoms with Crippen molar-refractivity contribution in [3.05, 3.63) is 49.8 Å². The quantitative estimate of drug-likeness (QED) is 0.796. The molecule has 2 N–H and O–H groups in total. The fourth-order valence-electron chi connectivity index (χ4n) is 1.79. The van der Waals surface area contributed by atoms with E-state index in [1.54, 1.807) is 6.20 Å². The van der Waals surface area contributed by atoms with Crippen LogP contribution in [0.15, 0.2) is 34.9 Å². The summed E-state index contributed by atoms with van der Waals surface area (Å²) in [6.07, 6.45) is 1.80. The first-order chi connectivity index (χ1) is 8.13. The van der Waals surface area contributed by atoms with Crippen LogP contribution in [0.1, 0.15) is 24.2 Å². The number of hydrogen-bond donors (Lipinski definition) is 1. The minimum absolute atomic E-state index is 0.151. The molecule has 1 unspecified atom stereocenters. The van der Waals surface area contributed by atoms with Crippen LogP contribution in [0.3, 0.4) is 0 Å². The molecule has 0 aliphatic carbocycles. The zero-order valence-electron chi connectivity index (χ0n) is 9.40. The number of aryl methyl sites for hydroxylation is 1. The summed E-state index contributed by atoms with van der Waals surface area (Å²) in [4.78, 5) is 0. The zero-order valence-corrected chi connectivity index (χ0v) is 13.1. The summed E-state index contributed by atoms with van der Waals surface area (Å²) >= 11 is 5.80. The van der Waals surface area contributed by atoms with Gasteiger partial charge in [-0.3, -0.25) is 4.68 Å². The summed E-state index contributed by atoms with van der Waals surface area (Å²) in [5, 5.41) is 4.29. The predicted molar refractivity (Wildman–Crippen MR) is 80.8 cm³/mol. The molecule has 17 heavy (non-hydrogen) atoms. The minimum Gasteiger partial charge on any atom is -0.319 e. The van der Waals surface area contributed by atoms with E-state index in [2.05, 4.69) is 62.7 Å². The van der Waals surface area contributed by atoms with E-state index in [1.807, 2.05) is 16.8 Å². The largest absolute Gasteiger partial charge is 0.319 e. The van der Waals surface area contributed by atoms with Crippen molar-refractivity contribution < 1.29 is 0 Å². The van der Waals surface area contributed by atoms with Crippen LogP contribution in [-0.4, -0.2) is 9.78 Å². The van der Waals surface area contributed by atoms with Crippen molar-refractivity contribution >= 4 is 38.5 Å². The van der Waals surface area contributed by atoms with Gasteiger partial charge >= 0.3 is 0 Å². The average molecular weight is 406 g/mol. The molecule has 1 atom stereocenters. The summed E-state index contributed by atoms with van der Waals surface area (Å²) in [7, 11) is 0. The second-order valence-electron chi connectivity index (χ2n) is 3.73. The van der Waals surface area contributed by atoms with Gasteiger partial charge in [-0.25, -0.2) is 0 Å². The van der Waals surface area contributed by atoms with Crippen molar-refractivity contribution in [2.75, 3.05) is 0 Å². The van der Waals surface area contributed by atoms with Crippen LogP contribution in [0.25, 0.3) is 0 Å². The van der Waals surface area contributed by atoms with E-state index in [9.17, 15) is 0 Å². The predicted octanol–water partition coefficient (Wildman–Crippen LogP) is 3.32. The van der Waals surface area contributed by atoms with Crippen molar-refractivity contribution in [1.29, 1.82) is 0 Å². The summed E-state index contributed by atoms with van der Waals surface area (Å²) in [5.74, 6) is 0. The Labute approximate surface area is 123 Å². The molecule has 90 valence electrons. The van der Waals surface area contributed by atoms with Gasteiger partial charge in [0.05, 0.1) is 22.4 Å². The third-order valence-corrected chi connectivity index (χ3v) is 3.92. The topological polar surface area (TPSA) is 43.8 Å². The van der Waals surface area contributed by atoms with Gasteiger partial charge in [0.15, 0.2) is 0 Å². The highest BCUT2D eigenvalue weighted by Gasteiger charge is 2.17. The molecule has 0 bridgehead atoms. The molecular formula is C12H13BrIN3. The van der Waals surface area contributed by atoms with E-state index in [4.69, 9.17) is 5.73 Å². The van der Waals surface area contributed by atoms with Gasteiger partial charge in [-0.1, -0.05) is 12.1 Å². The minimum atomic E-state index is -0.151. The molecule has 0 spiro atoms. The Balaban J connectivity index is 2.43. The van der Waals surface area contributed by atoms with Crippen molar-refractivity contribution in [3.8, 4) is 0 Å². The van der Waals surface area contributed by atoms with Gasteiger partial charge in [0.2, 0.25) is 0 Å². The SMILES string of the molecule is CCn1ncc(Br)c1C(N)c1cccc(I)c1. The Kier molecular flexibility index (Phi) is 4.22. The number of nitrogens with zero attached hydrogens (tertiary/aromatic N) is 2. The van der Waals surface area contributed by atoms with E-state index in [0.29, 0.717) is 0 Å². The van der Waals surface area contributed by atoms with Gasteiger partial charge < -0.3 is 5.73 Å². The molecule has 3 nitrogen and oxygen atoms in total. The molecule has 1 heterocycles. The van der Waals surface area contributed by atoms with Crippen LogP contribution in [0, 0.1) is 3.57 Å². The first-order valence-electron chi connectivity index (χ1n) is 5.35. The van der Waals surface area contributed by atoms with Crippen molar-refractivity contribution in [3.63, 3.8) is 0 Å². The van der Waals surface area contributed by atoms with Gasteiger partial charge in [-0.05, 0) is 63.1 Å². The normalized spacial score (nSPS) is 12.7. The molecule has 0 fully saturated rings. The number of halogens is 2. The van der Waals surface area contributed by atoms with Crippen molar-refractivity contribution in [2.45, 2.75) is 19.5 Å². The maximum atomic E-state index is 6.31. The maximum absolute atomic E-state index is 6.31. The number of aromatic nitrogens is 2. The maximum Gasteiger partial charge on any atom is 0.0738 e. The molecule has 5 heteroatoms. The highest BCUT2D eigenvalue weighted by atomic mass is 127. The van der Waals surface area contributed by atoms with Crippen LogP contribution in [0.4, 0.5) is 0 Å². The monoisotopic (exact) mass is 405 g/mol. The Morgan fingerprint density at radius 2 is 2.29 bits per heavy atom. The first kappa shape index (κ1) is 13.0. The van der Waals surface area contributed by atoms with Gasteiger partial charge in [0, 0.05) is 10.1 Å². The Morgan fingerprint density at radius 1 is 1.53 bits per heavy atom. The number of benzene rings is 1. The van der Waals surface area contributed by atoms with Gasteiger partial charge in [0.1, 0.15) is 0 Å². The average Bonchev–Trinajstić information content (AvgIpc) is 2.69. The van der Waals surface area contributed by atoms with E-state index in [-0.39, 0.29) is 6.04 Å². The van der Waals surface area contributed by atoms with Crippen LogP contribution in [0.5, 0.6) is 0 Å². The van der Waals surface area contributed by atoms with Gasteiger partial charge in [0.25, 0.3) is 0 Å². The summed E-state index contributed by atoms with van der Waals surface area (Å²) in [5.41, 5.74) is 8.44. The lowest BCUT2D eigenvalue weighted by Crippen LogP contribution is -2.17. The lowest BCUT2D eigenvalue weighted by atomic mass is 10.1. The van der Waals surface area contributed by atoms with Crippen LogP contribution in [0.2, 0.25) is 0 Å². The molecule has 0 amide bonds. The van der Waals surface area contributed by atoms with Crippen LogP contribution >= 0.6 is 38.5 Å². The summed E-state index contributed by atoms with van der Waals surface area (Å²) < 4.78 is 4.08. The fraction of sp³-hybridized carbons (Fsp3) is 0.250. The lowest BCUT2D eigenvalue weighted by Gasteiger charge is -2.15. The summed E-state index contributed by atoms with van der Waals surface area (Å²) in [6, 6.07) is 8.08. The Bertz CT molecular complexity index is 524. The molecule has 0 saturated carbocycles. The standard InChI is InChI=1S/C12H13BrIN3/c1-2-17-12(10(13)7-16-17)11(15)8-4-3-5-9(14)6-8/h3-7,11H,2,15H2,1H3. The summed E-state index contributed by atoms with van der Waals surface area (Å²) in [6.45, 7) is 2.88. The second kappa shape index (κ2) is 5.49. The highest BCUT2D eigenvalue weighted by molar-refractivity contribution is 14.1. The van der Waals surface area contributed by atoms with Crippen molar-refractivity contribution in [2.24, 2.45) is 5.73 Å². The third kappa shape index (κ3) is 2.71. The molecule has 0 aliphatic rings. The second-order valence-corrected chi connectivity index (χ2v) is 5.83. The van der Waals surface area contributed by atoms with Gasteiger partial charge in [-0.15, -0.1) is 0 Å². The van der Waals surface area contributed by atoms with E-state index >= 15 is 0 Å².